The predicted octanol–water partition coefficient (Wildman–Crippen LogP) is 5.75. The molecule has 0 atom stereocenters. The summed E-state index contributed by atoms with van der Waals surface area (Å²) in [6.45, 7) is 6.20. The largest absolute Gasteiger partial charge is 0.489 e. The van der Waals surface area contributed by atoms with E-state index in [2.05, 4.69) is 19.1 Å². The molecule has 2 heteroatoms. The van der Waals surface area contributed by atoms with E-state index in [-0.39, 0.29) is 5.78 Å². The van der Waals surface area contributed by atoms with Gasteiger partial charge in [0.15, 0.2) is 5.78 Å². The molecule has 3 aromatic rings. The Morgan fingerprint density at radius 1 is 0.880 bits per heavy atom. The van der Waals surface area contributed by atoms with Crippen molar-refractivity contribution in [1.29, 1.82) is 0 Å². The van der Waals surface area contributed by atoms with Gasteiger partial charge in [0.05, 0.1) is 0 Å². The highest BCUT2D eigenvalue weighted by atomic mass is 16.5. The van der Waals surface area contributed by atoms with Crippen molar-refractivity contribution in [3.63, 3.8) is 0 Å². The van der Waals surface area contributed by atoms with E-state index in [1.165, 1.54) is 5.56 Å². The fourth-order valence-electron chi connectivity index (χ4n) is 2.83. The summed E-state index contributed by atoms with van der Waals surface area (Å²) in [5.74, 6) is 0.937. The number of ketones is 1. The maximum absolute atomic E-state index is 11.9. The third kappa shape index (κ3) is 4.16. The van der Waals surface area contributed by atoms with Crippen LogP contribution in [0.5, 0.6) is 5.75 Å². The van der Waals surface area contributed by atoms with Crippen molar-refractivity contribution < 1.29 is 9.53 Å². The summed E-state index contributed by atoms with van der Waals surface area (Å²) in [4.78, 5) is 11.9. The van der Waals surface area contributed by atoms with Gasteiger partial charge in [-0.2, -0.15) is 0 Å². The number of Topliss-reactive ketones (excluding diaryl/α,β-unsaturated/α-hetero) is 1. The molecule has 0 fully saturated rings. The summed E-state index contributed by atoms with van der Waals surface area (Å²) in [6.07, 6.45) is 0. The minimum atomic E-state index is 0.0799. The van der Waals surface area contributed by atoms with E-state index in [9.17, 15) is 4.79 Å². The van der Waals surface area contributed by atoms with E-state index in [0.717, 1.165) is 33.6 Å². The molecule has 3 rings (SSSR count). The Labute approximate surface area is 149 Å². The summed E-state index contributed by atoms with van der Waals surface area (Å²) in [5, 5.41) is 0. The Morgan fingerprint density at radius 2 is 1.60 bits per heavy atom. The molecule has 0 aliphatic rings. The Morgan fingerprint density at radius 3 is 2.32 bits per heavy atom. The van der Waals surface area contributed by atoms with Crippen LogP contribution in [0.2, 0.25) is 0 Å². The van der Waals surface area contributed by atoms with Crippen LogP contribution >= 0.6 is 0 Å². The number of aryl methyl sites for hydroxylation is 2. The van der Waals surface area contributed by atoms with Gasteiger partial charge in [-0.05, 0) is 55.7 Å². The lowest BCUT2D eigenvalue weighted by Gasteiger charge is -2.11. The molecule has 0 unspecified atom stereocenters. The van der Waals surface area contributed by atoms with Gasteiger partial charge in [0.1, 0.15) is 12.4 Å². The van der Waals surface area contributed by atoms with Crippen LogP contribution in [0.3, 0.4) is 0 Å². The summed E-state index contributed by atoms with van der Waals surface area (Å²) in [5.41, 5.74) is 6.20. The van der Waals surface area contributed by atoms with Gasteiger partial charge in [0.2, 0.25) is 0 Å². The van der Waals surface area contributed by atoms with Crippen LogP contribution in [-0.4, -0.2) is 5.78 Å². The van der Waals surface area contributed by atoms with Gasteiger partial charge in [-0.25, -0.2) is 0 Å². The van der Waals surface area contributed by atoms with E-state index in [1.54, 1.807) is 6.92 Å². The molecular weight excluding hydrogens is 308 g/mol. The van der Waals surface area contributed by atoms with Crippen LogP contribution in [-0.2, 0) is 6.61 Å². The number of carbonyl (C=O) groups is 1. The maximum Gasteiger partial charge on any atom is 0.160 e. The lowest BCUT2D eigenvalue weighted by atomic mass is 9.94. The zero-order chi connectivity index (χ0) is 17.8. The van der Waals surface area contributed by atoms with Crippen LogP contribution < -0.4 is 4.74 Å². The molecule has 0 saturated carbocycles. The molecular formula is C23H22O2. The molecule has 2 nitrogen and oxygen atoms in total. The van der Waals surface area contributed by atoms with Crippen LogP contribution in [0.1, 0.15) is 34.0 Å². The second-order valence-corrected chi connectivity index (χ2v) is 6.41. The number of hydrogen-bond acceptors (Lipinski definition) is 2. The highest BCUT2D eigenvalue weighted by Crippen LogP contribution is 2.27. The van der Waals surface area contributed by atoms with Crippen LogP contribution in [0.4, 0.5) is 0 Å². The van der Waals surface area contributed by atoms with Crippen molar-refractivity contribution in [2.45, 2.75) is 27.4 Å². The molecule has 0 aliphatic heterocycles. The van der Waals surface area contributed by atoms with Gasteiger partial charge in [-0.1, -0.05) is 59.7 Å². The number of benzene rings is 3. The highest BCUT2D eigenvalue weighted by molar-refractivity contribution is 6.01. The van der Waals surface area contributed by atoms with Crippen LogP contribution in [0.15, 0.2) is 66.7 Å². The molecule has 25 heavy (non-hydrogen) atoms. The molecule has 0 bridgehead atoms. The van der Waals surface area contributed by atoms with Crippen LogP contribution in [0, 0.1) is 13.8 Å². The van der Waals surface area contributed by atoms with Crippen LogP contribution in [0.25, 0.3) is 11.1 Å². The zero-order valence-electron chi connectivity index (χ0n) is 14.9. The van der Waals surface area contributed by atoms with Gasteiger partial charge in [-0.3, -0.25) is 4.79 Å². The normalized spacial score (nSPS) is 10.5. The molecule has 0 aliphatic carbocycles. The Balaban J connectivity index is 1.85. The summed E-state index contributed by atoms with van der Waals surface area (Å²) in [7, 11) is 0. The maximum atomic E-state index is 11.9. The third-order valence-corrected chi connectivity index (χ3v) is 4.22. The van der Waals surface area contributed by atoms with Crippen molar-refractivity contribution in [3.05, 3.63) is 89.0 Å². The quantitative estimate of drug-likeness (QED) is 0.557. The first kappa shape index (κ1) is 17.0. The Kier molecular flexibility index (Phi) is 4.99. The monoisotopic (exact) mass is 330 g/mol. The Bertz CT molecular complexity index is 892. The van der Waals surface area contributed by atoms with Crippen molar-refractivity contribution in [2.24, 2.45) is 0 Å². The van der Waals surface area contributed by atoms with E-state index >= 15 is 0 Å². The molecule has 0 aromatic heterocycles. The SMILES string of the molecule is CC(=O)c1ccc(C)cc1-c1cccc(COc2ccc(C)cc2)c1. The average molecular weight is 330 g/mol. The summed E-state index contributed by atoms with van der Waals surface area (Å²) < 4.78 is 5.87. The number of ether oxygens (including phenoxy) is 1. The lowest BCUT2D eigenvalue weighted by Crippen LogP contribution is -1.99. The molecule has 0 heterocycles. The molecule has 0 spiro atoms. The highest BCUT2D eigenvalue weighted by Gasteiger charge is 2.10. The van der Waals surface area contributed by atoms with E-state index in [1.807, 2.05) is 61.5 Å². The minimum Gasteiger partial charge on any atom is -0.489 e. The van der Waals surface area contributed by atoms with Crippen molar-refractivity contribution >= 4 is 5.78 Å². The average Bonchev–Trinajstić information content (AvgIpc) is 2.61. The molecule has 0 saturated heterocycles. The van der Waals surface area contributed by atoms with Gasteiger partial charge in [-0.15, -0.1) is 0 Å². The van der Waals surface area contributed by atoms with Gasteiger partial charge in [0.25, 0.3) is 0 Å². The van der Waals surface area contributed by atoms with E-state index < -0.39 is 0 Å². The number of rotatable bonds is 5. The molecule has 126 valence electrons. The molecule has 3 aromatic carbocycles. The predicted molar refractivity (Wildman–Crippen MR) is 102 cm³/mol. The number of carbonyl (C=O) groups excluding carboxylic acids is 1. The standard InChI is InChI=1S/C23H22O2/c1-16-7-10-21(11-8-16)25-15-19-5-4-6-20(14-19)23-13-17(2)9-12-22(23)18(3)24/h4-14H,15H2,1-3H3. The topological polar surface area (TPSA) is 26.3 Å². The first-order valence-corrected chi connectivity index (χ1v) is 8.43. The number of hydrogen-bond donors (Lipinski definition) is 0. The molecule has 0 amide bonds. The minimum absolute atomic E-state index is 0.0799. The smallest absolute Gasteiger partial charge is 0.160 e. The van der Waals surface area contributed by atoms with Crippen molar-refractivity contribution in [3.8, 4) is 16.9 Å². The summed E-state index contributed by atoms with van der Waals surface area (Å²) in [6, 6.07) is 22.2. The van der Waals surface area contributed by atoms with Gasteiger partial charge in [0, 0.05) is 5.56 Å². The molecule has 0 radical (unpaired) electrons. The fraction of sp³-hybridized carbons (Fsp3) is 0.174. The second kappa shape index (κ2) is 7.35. The van der Waals surface area contributed by atoms with Gasteiger partial charge >= 0.3 is 0 Å². The van der Waals surface area contributed by atoms with E-state index in [0.29, 0.717) is 6.61 Å². The van der Waals surface area contributed by atoms with E-state index in [4.69, 9.17) is 4.74 Å². The fourth-order valence-corrected chi connectivity index (χ4v) is 2.83. The first-order chi connectivity index (χ1) is 12.0. The second-order valence-electron chi connectivity index (χ2n) is 6.41. The zero-order valence-corrected chi connectivity index (χ0v) is 14.9. The third-order valence-electron chi connectivity index (χ3n) is 4.22. The Hall–Kier alpha value is -2.87. The van der Waals surface area contributed by atoms with Gasteiger partial charge < -0.3 is 4.74 Å². The summed E-state index contributed by atoms with van der Waals surface area (Å²) >= 11 is 0. The molecule has 0 N–H and O–H groups in total. The lowest BCUT2D eigenvalue weighted by molar-refractivity contribution is 0.101. The van der Waals surface area contributed by atoms with Crippen molar-refractivity contribution in [2.75, 3.05) is 0 Å². The first-order valence-electron chi connectivity index (χ1n) is 8.43. The van der Waals surface area contributed by atoms with Crippen molar-refractivity contribution in [1.82, 2.24) is 0 Å².